The molecule has 3 nitrogen and oxygen atoms in total. The van der Waals surface area contributed by atoms with Gasteiger partial charge in [0, 0.05) is 18.4 Å². The molecule has 2 N–H and O–H groups in total. The summed E-state index contributed by atoms with van der Waals surface area (Å²) < 4.78 is 0. The molecule has 0 radical (unpaired) electrons. The van der Waals surface area contributed by atoms with Gasteiger partial charge in [0.25, 0.3) is 0 Å². The van der Waals surface area contributed by atoms with E-state index in [0.717, 1.165) is 17.8 Å². The van der Waals surface area contributed by atoms with E-state index in [9.17, 15) is 0 Å². The van der Waals surface area contributed by atoms with Crippen molar-refractivity contribution in [1.82, 2.24) is 15.3 Å². The lowest BCUT2D eigenvalue weighted by Gasteiger charge is -2.08. The van der Waals surface area contributed by atoms with Gasteiger partial charge in [-0.25, -0.2) is 4.98 Å². The maximum absolute atomic E-state index is 4.24. The summed E-state index contributed by atoms with van der Waals surface area (Å²) in [5.74, 6) is 2.06. The molecule has 2 fully saturated rings. The van der Waals surface area contributed by atoms with Gasteiger partial charge in [-0.05, 0) is 18.8 Å². The van der Waals surface area contributed by atoms with Crippen LogP contribution >= 0.6 is 0 Å². The van der Waals surface area contributed by atoms with Crippen molar-refractivity contribution in [2.75, 3.05) is 0 Å². The van der Waals surface area contributed by atoms with Crippen molar-refractivity contribution in [3.8, 4) is 0 Å². The van der Waals surface area contributed by atoms with E-state index in [1.54, 1.807) is 0 Å². The van der Waals surface area contributed by atoms with Crippen LogP contribution in [0.5, 0.6) is 0 Å². The van der Waals surface area contributed by atoms with Crippen LogP contribution in [0.15, 0.2) is 12.4 Å². The minimum Gasteiger partial charge on any atom is -0.347 e. The number of aromatic amines is 1. The van der Waals surface area contributed by atoms with Gasteiger partial charge < -0.3 is 10.3 Å². The van der Waals surface area contributed by atoms with Crippen molar-refractivity contribution in [2.24, 2.45) is 5.92 Å². The molecule has 1 aromatic rings. The summed E-state index contributed by atoms with van der Waals surface area (Å²) in [5.41, 5.74) is 0. The Bertz CT molecular complexity index is 244. The highest BCUT2D eigenvalue weighted by Crippen LogP contribution is 2.45. The Kier molecular flexibility index (Phi) is 0.973. The van der Waals surface area contributed by atoms with Gasteiger partial charge in [-0.3, -0.25) is 0 Å². The predicted octanol–water partition coefficient (Wildman–Crippen LogP) is 0.833. The van der Waals surface area contributed by atoms with E-state index >= 15 is 0 Å². The fourth-order valence-electron chi connectivity index (χ4n) is 2.00. The molecule has 0 unspecified atom stereocenters. The highest BCUT2D eigenvalue weighted by Gasteiger charge is 2.46. The summed E-state index contributed by atoms with van der Waals surface area (Å²) in [6.45, 7) is 0. The third-order valence-electron chi connectivity index (χ3n) is 2.73. The van der Waals surface area contributed by atoms with Gasteiger partial charge in [0.2, 0.25) is 0 Å². The molecule has 1 aromatic heterocycles. The lowest BCUT2D eigenvalue weighted by Crippen LogP contribution is -2.18. The number of imidazole rings is 1. The predicted molar refractivity (Wildman–Crippen MR) is 41.0 cm³/mol. The van der Waals surface area contributed by atoms with E-state index in [1.165, 1.54) is 12.8 Å². The van der Waals surface area contributed by atoms with Crippen LogP contribution in [0.2, 0.25) is 0 Å². The number of nitrogens with zero attached hydrogens (tertiary/aromatic N) is 1. The summed E-state index contributed by atoms with van der Waals surface area (Å²) in [6, 6.07) is 1.32. The number of piperidine rings is 1. The number of nitrogens with one attached hydrogen (secondary N) is 2. The molecule has 3 heteroatoms. The second kappa shape index (κ2) is 1.85. The van der Waals surface area contributed by atoms with E-state index in [0.29, 0.717) is 6.04 Å². The summed E-state index contributed by atoms with van der Waals surface area (Å²) in [7, 11) is 0. The summed E-state index contributed by atoms with van der Waals surface area (Å²) >= 11 is 0. The molecule has 1 aliphatic carbocycles. The van der Waals surface area contributed by atoms with Crippen LogP contribution in [0.1, 0.15) is 24.7 Å². The van der Waals surface area contributed by atoms with Crippen molar-refractivity contribution in [2.45, 2.75) is 24.9 Å². The first kappa shape index (κ1) is 5.77. The van der Waals surface area contributed by atoms with Crippen LogP contribution in [0.4, 0.5) is 0 Å². The largest absolute Gasteiger partial charge is 0.347 e. The number of rotatable bonds is 1. The Labute approximate surface area is 65.2 Å². The van der Waals surface area contributed by atoms with Crippen molar-refractivity contribution in [3.05, 3.63) is 18.2 Å². The zero-order valence-electron chi connectivity index (χ0n) is 6.25. The fraction of sp³-hybridized carbons (Fsp3) is 0.625. The first-order valence-electron chi connectivity index (χ1n) is 4.19. The number of hydrogen-bond acceptors (Lipinski definition) is 2. The highest BCUT2D eigenvalue weighted by molar-refractivity contribution is 5.09. The van der Waals surface area contributed by atoms with Crippen LogP contribution in [-0.4, -0.2) is 16.0 Å². The fourth-order valence-corrected chi connectivity index (χ4v) is 2.00. The first-order valence-corrected chi connectivity index (χ1v) is 4.19. The smallest absolute Gasteiger partial charge is 0.123 e. The van der Waals surface area contributed by atoms with E-state index in [1.807, 2.05) is 12.4 Å². The zero-order valence-corrected chi connectivity index (χ0v) is 6.25. The van der Waals surface area contributed by atoms with Crippen molar-refractivity contribution in [1.29, 1.82) is 0 Å². The van der Waals surface area contributed by atoms with Crippen LogP contribution in [0.25, 0.3) is 0 Å². The summed E-state index contributed by atoms with van der Waals surface area (Å²) in [4.78, 5) is 7.38. The summed E-state index contributed by atoms with van der Waals surface area (Å²) in [6.07, 6.45) is 6.37. The van der Waals surface area contributed by atoms with E-state index < -0.39 is 0 Å². The lowest BCUT2D eigenvalue weighted by molar-refractivity contribution is 0.543. The number of fused-ring (bicyclic) bond motifs is 1. The molecule has 0 bridgehead atoms. The quantitative estimate of drug-likeness (QED) is 0.621. The average molecular weight is 149 g/mol. The van der Waals surface area contributed by atoms with Gasteiger partial charge in [0.05, 0.1) is 6.04 Å². The van der Waals surface area contributed by atoms with Gasteiger partial charge >= 0.3 is 0 Å². The Hall–Kier alpha value is -0.830. The maximum atomic E-state index is 4.24. The second-order valence-corrected chi connectivity index (χ2v) is 3.53. The van der Waals surface area contributed by atoms with Gasteiger partial charge in [-0.2, -0.15) is 0 Å². The van der Waals surface area contributed by atoms with E-state index in [4.69, 9.17) is 0 Å². The zero-order chi connectivity index (χ0) is 7.26. The number of hydrogen-bond donors (Lipinski definition) is 2. The molecule has 3 atom stereocenters. The maximum Gasteiger partial charge on any atom is 0.123 e. The second-order valence-electron chi connectivity index (χ2n) is 3.53. The van der Waals surface area contributed by atoms with Crippen LogP contribution in [-0.2, 0) is 0 Å². The lowest BCUT2D eigenvalue weighted by atomic mass is 10.2. The third kappa shape index (κ3) is 0.807. The Morgan fingerprint density at radius 3 is 3.09 bits per heavy atom. The Balaban J connectivity index is 1.81. The molecule has 2 heterocycles. The van der Waals surface area contributed by atoms with Crippen molar-refractivity contribution in [3.63, 3.8) is 0 Å². The van der Waals surface area contributed by atoms with Crippen molar-refractivity contribution >= 4 is 0 Å². The molecule has 3 rings (SSSR count). The minimum absolute atomic E-state index is 0.508. The number of aromatic nitrogens is 2. The monoisotopic (exact) mass is 149 g/mol. The average Bonchev–Trinajstić information content (AvgIpc) is 2.60. The normalized spacial score (nSPS) is 40.5. The molecule has 0 spiro atoms. The van der Waals surface area contributed by atoms with E-state index in [-0.39, 0.29) is 0 Å². The van der Waals surface area contributed by atoms with Gasteiger partial charge in [-0.15, -0.1) is 0 Å². The minimum atomic E-state index is 0.508. The van der Waals surface area contributed by atoms with Crippen LogP contribution < -0.4 is 5.32 Å². The van der Waals surface area contributed by atoms with Crippen molar-refractivity contribution < 1.29 is 0 Å². The highest BCUT2D eigenvalue weighted by atomic mass is 15.1. The molecule has 0 amide bonds. The SMILES string of the molecule is c1c[nH]c([C@@H]2C[C@H]3C[C@H]3N2)n1. The van der Waals surface area contributed by atoms with Crippen LogP contribution in [0.3, 0.4) is 0 Å². The molecule has 2 aliphatic rings. The molecule has 1 saturated carbocycles. The molecular weight excluding hydrogens is 138 g/mol. The topological polar surface area (TPSA) is 40.7 Å². The summed E-state index contributed by atoms with van der Waals surface area (Å²) in [5, 5.41) is 3.54. The Morgan fingerprint density at radius 1 is 1.45 bits per heavy atom. The van der Waals surface area contributed by atoms with Crippen LogP contribution in [0, 0.1) is 5.92 Å². The molecule has 1 saturated heterocycles. The molecule has 1 aliphatic heterocycles. The van der Waals surface area contributed by atoms with Gasteiger partial charge in [0.1, 0.15) is 5.82 Å². The van der Waals surface area contributed by atoms with E-state index in [2.05, 4.69) is 15.3 Å². The van der Waals surface area contributed by atoms with Gasteiger partial charge in [-0.1, -0.05) is 0 Å². The number of H-pyrrole nitrogens is 1. The first-order chi connectivity index (χ1) is 5.43. The molecular formula is C8H11N3. The van der Waals surface area contributed by atoms with Gasteiger partial charge in [0.15, 0.2) is 0 Å². The molecule has 58 valence electrons. The third-order valence-corrected chi connectivity index (χ3v) is 2.73. The molecule has 0 aromatic carbocycles. The Morgan fingerprint density at radius 2 is 2.45 bits per heavy atom. The molecule has 11 heavy (non-hydrogen) atoms. The standard InChI is InChI=1S/C8H11N3/c1-2-10-8(9-1)7-4-5-3-6(5)11-7/h1-2,5-7,11H,3-4H2,(H,9,10)/t5-,6-,7+/m1/s1.